The molecular formula is C16H37NO4. The molecule has 0 radical (unpaired) electrons. The van der Waals surface area contributed by atoms with Gasteiger partial charge in [0, 0.05) is 13.2 Å². The lowest BCUT2D eigenvalue weighted by Gasteiger charge is -2.07. The van der Waals surface area contributed by atoms with Crippen LogP contribution < -0.4 is 5.32 Å². The van der Waals surface area contributed by atoms with E-state index in [0.717, 1.165) is 26.2 Å². The van der Waals surface area contributed by atoms with E-state index in [4.69, 9.17) is 18.9 Å². The standard InChI is InChI=1S/C14H31NO4.C2H6/c1-3-16-9-10-18-13-14-19-12-11-17-8-6-4-5-7-15-2;1-2/h15H,3-14H2,1-2H3;1-2H3. The number of hydrogen-bond acceptors (Lipinski definition) is 5. The normalized spacial score (nSPS) is 10.3. The average Bonchev–Trinajstić information content (AvgIpc) is 2.53. The van der Waals surface area contributed by atoms with Gasteiger partial charge in [-0.3, -0.25) is 0 Å². The summed E-state index contributed by atoms with van der Waals surface area (Å²) in [4.78, 5) is 0. The Morgan fingerprint density at radius 3 is 1.57 bits per heavy atom. The highest BCUT2D eigenvalue weighted by molar-refractivity contribution is 4.43. The van der Waals surface area contributed by atoms with Crippen LogP contribution in [0.5, 0.6) is 0 Å². The third kappa shape index (κ3) is 25.1. The Bertz CT molecular complexity index is 143. The highest BCUT2D eigenvalue weighted by atomic mass is 16.6. The minimum atomic E-state index is 0.622. The molecule has 1 N–H and O–H groups in total. The van der Waals surface area contributed by atoms with Gasteiger partial charge in [-0.1, -0.05) is 13.8 Å². The second-order valence-electron chi connectivity index (χ2n) is 4.20. The molecule has 5 nitrogen and oxygen atoms in total. The summed E-state index contributed by atoms with van der Waals surface area (Å²) in [6.45, 7) is 12.5. The molecule has 0 aromatic heterocycles. The summed E-state index contributed by atoms with van der Waals surface area (Å²) in [6, 6.07) is 0. The monoisotopic (exact) mass is 307 g/mol. The van der Waals surface area contributed by atoms with Crippen LogP contribution in [-0.2, 0) is 18.9 Å². The van der Waals surface area contributed by atoms with Crippen molar-refractivity contribution >= 4 is 0 Å². The number of unbranched alkanes of at least 4 members (excludes halogenated alkanes) is 2. The number of nitrogens with one attached hydrogen (secondary N) is 1. The molecule has 0 aliphatic carbocycles. The van der Waals surface area contributed by atoms with E-state index in [0.29, 0.717) is 39.6 Å². The van der Waals surface area contributed by atoms with E-state index in [-0.39, 0.29) is 0 Å². The zero-order valence-corrected chi connectivity index (χ0v) is 14.6. The molecule has 0 fully saturated rings. The van der Waals surface area contributed by atoms with Crippen molar-refractivity contribution in [2.24, 2.45) is 0 Å². The largest absolute Gasteiger partial charge is 0.379 e. The Morgan fingerprint density at radius 2 is 1.10 bits per heavy atom. The third-order valence-corrected chi connectivity index (χ3v) is 2.54. The van der Waals surface area contributed by atoms with E-state index in [1.807, 2.05) is 27.8 Å². The van der Waals surface area contributed by atoms with Gasteiger partial charge in [0.05, 0.1) is 39.6 Å². The molecule has 0 spiro atoms. The van der Waals surface area contributed by atoms with E-state index in [2.05, 4.69) is 5.32 Å². The van der Waals surface area contributed by atoms with Gasteiger partial charge in [-0.2, -0.15) is 0 Å². The lowest BCUT2D eigenvalue weighted by molar-refractivity contribution is -0.000828. The zero-order chi connectivity index (χ0) is 16.0. The predicted molar refractivity (Wildman–Crippen MR) is 88.1 cm³/mol. The Labute approximate surface area is 131 Å². The molecule has 0 amide bonds. The fourth-order valence-corrected chi connectivity index (χ4v) is 1.49. The first-order chi connectivity index (χ1) is 10.4. The zero-order valence-electron chi connectivity index (χ0n) is 14.6. The van der Waals surface area contributed by atoms with E-state index < -0.39 is 0 Å². The van der Waals surface area contributed by atoms with Crippen molar-refractivity contribution in [3.8, 4) is 0 Å². The van der Waals surface area contributed by atoms with E-state index in [1.165, 1.54) is 12.8 Å². The quantitative estimate of drug-likeness (QED) is 0.444. The van der Waals surface area contributed by atoms with Crippen LogP contribution >= 0.6 is 0 Å². The summed E-state index contributed by atoms with van der Waals surface area (Å²) in [6.07, 6.45) is 3.56. The highest BCUT2D eigenvalue weighted by Crippen LogP contribution is 1.94. The number of hydrogen-bond donors (Lipinski definition) is 1. The molecule has 0 saturated carbocycles. The van der Waals surface area contributed by atoms with Gasteiger partial charge in [-0.15, -0.1) is 0 Å². The molecule has 0 rings (SSSR count). The van der Waals surface area contributed by atoms with E-state index in [1.54, 1.807) is 0 Å². The fourth-order valence-electron chi connectivity index (χ4n) is 1.49. The van der Waals surface area contributed by atoms with Crippen molar-refractivity contribution < 1.29 is 18.9 Å². The van der Waals surface area contributed by atoms with Crippen LogP contribution in [0.1, 0.15) is 40.0 Å². The Morgan fingerprint density at radius 1 is 0.619 bits per heavy atom. The van der Waals surface area contributed by atoms with Crippen molar-refractivity contribution in [3.05, 3.63) is 0 Å². The maximum atomic E-state index is 5.47. The number of rotatable bonds is 16. The van der Waals surface area contributed by atoms with Crippen LogP contribution in [0, 0.1) is 0 Å². The second-order valence-corrected chi connectivity index (χ2v) is 4.20. The molecule has 0 unspecified atom stereocenters. The maximum Gasteiger partial charge on any atom is 0.0701 e. The van der Waals surface area contributed by atoms with Crippen LogP contribution in [0.2, 0.25) is 0 Å². The molecule has 130 valence electrons. The van der Waals surface area contributed by atoms with Crippen LogP contribution in [0.4, 0.5) is 0 Å². The minimum Gasteiger partial charge on any atom is -0.379 e. The van der Waals surface area contributed by atoms with Crippen LogP contribution in [0.15, 0.2) is 0 Å². The second kappa shape index (κ2) is 24.8. The minimum absolute atomic E-state index is 0.622. The fraction of sp³-hybridized carbons (Fsp3) is 1.00. The summed E-state index contributed by atoms with van der Waals surface area (Å²) >= 11 is 0. The van der Waals surface area contributed by atoms with Gasteiger partial charge in [0.15, 0.2) is 0 Å². The molecule has 0 heterocycles. The molecule has 21 heavy (non-hydrogen) atoms. The first kappa shape index (κ1) is 23.1. The van der Waals surface area contributed by atoms with Gasteiger partial charge in [0.1, 0.15) is 0 Å². The average molecular weight is 307 g/mol. The molecule has 0 atom stereocenters. The molecule has 0 bridgehead atoms. The summed E-state index contributed by atoms with van der Waals surface area (Å²) in [7, 11) is 1.98. The van der Waals surface area contributed by atoms with Crippen molar-refractivity contribution in [1.82, 2.24) is 5.32 Å². The van der Waals surface area contributed by atoms with Crippen molar-refractivity contribution in [1.29, 1.82) is 0 Å². The van der Waals surface area contributed by atoms with Crippen molar-refractivity contribution in [2.75, 3.05) is 66.4 Å². The topological polar surface area (TPSA) is 49.0 Å². The summed E-state index contributed by atoms with van der Waals surface area (Å²) in [5, 5.41) is 3.13. The Balaban J connectivity index is 0. The number of ether oxygens (including phenoxy) is 4. The Hall–Kier alpha value is -0.200. The molecule has 0 aliphatic rings. The molecule has 0 aromatic rings. The van der Waals surface area contributed by atoms with Crippen molar-refractivity contribution in [2.45, 2.75) is 40.0 Å². The SMILES string of the molecule is CC.CCOCCOCCOCCOCCCCCNC. The predicted octanol–water partition coefficient (Wildman–Crippen LogP) is 2.49. The van der Waals surface area contributed by atoms with E-state index >= 15 is 0 Å². The van der Waals surface area contributed by atoms with Crippen LogP contribution in [-0.4, -0.2) is 66.4 Å². The Kier molecular flexibility index (Phi) is 27.2. The van der Waals surface area contributed by atoms with Gasteiger partial charge in [-0.05, 0) is 39.8 Å². The lowest BCUT2D eigenvalue weighted by Crippen LogP contribution is -2.12. The first-order valence-corrected chi connectivity index (χ1v) is 8.37. The summed E-state index contributed by atoms with van der Waals surface area (Å²) < 4.78 is 21.3. The van der Waals surface area contributed by atoms with Crippen molar-refractivity contribution in [3.63, 3.8) is 0 Å². The molecule has 0 aromatic carbocycles. The van der Waals surface area contributed by atoms with Crippen LogP contribution in [0.25, 0.3) is 0 Å². The lowest BCUT2D eigenvalue weighted by atomic mass is 10.2. The molecule has 5 heteroatoms. The molecule has 0 aliphatic heterocycles. The third-order valence-electron chi connectivity index (χ3n) is 2.54. The van der Waals surface area contributed by atoms with E-state index in [9.17, 15) is 0 Å². The van der Waals surface area contributed by atoms with Gasteiger partial charge >= 0.3 is 0 Å². The smallest absolute Gasteiger partial charge is 0.0701 e. The first-order valence-electron chi connectivity index (χ1n) is 8.37. The maximum absolute atomic E-state index is 5.47. The van der Waals surface area contributed by atoms with Gasteiger partial charge in [-0.25, -0.2) is 0 Å². The van der Waals surface area contributed by atoms with Gasteiger partial charge in [0.2, 0.25) is 0 Å². The van der Waals surface area contributed by atoms with Crippen LogP contribution in [0.3, 0.4) is 0 Å². The summed E-state index contributed by atoms with van der Waals surface area (Å²) in [5.41, 5.74) is 0. The van der Waals surface area contributed by atoms with Gasteiger partial charge in [0.25, 0.3) is 0 Å². The highest BCUT2D eigenvalue weighted by Gasteiger charge is 1.92. The van der Waals surface area contributed by atoms with Gasteiger partial charge < -0.3 is 24.3 Å². The molecular weight excluding hydrogens is 270 g/mol. The molecule has 0 saturated heterocycles. The summed E-state index contributed by atoms with van der Waals surface area (Å²) in [5.74, 6) is 0.